The largest absolute Gasteiger partial charge is 0.467 e. The van der Waals surface area contributed by atoms with Crippen molar-refractivity contribution in [3.8, 4) is 0 Å². The molecule has 1 heterocycles. The first-order valence-corrected chi connectivity index (χ1v) is 6.42. The minimum atomic E-state index is -0.362. The number of carbonyl (C=O) groups is 1. The Morgan fingerprint density at radius 3 is 2.80 bits per heavy atom. The average Bonchev–Trinajstić information content (AvgIpc) is 2.91. The van der Waals surface area contributed by atoms with Crippen molar-refractivity contribution in [2.45, 2.75) is 13.5 Å². The van der Waals surface area contributed by atoms with E-state index in [4.69, 9.17) is 14.9 Å². The topological polar surface area (TPSA) is 68.7 Å². The van der Waals surface area contributed by atoms with Crippen LogP contribution in [0.4, 0.5) is 11.4 Å². The maximum absolute atomic E-state index is 11.6. The third kappa shape index (κ3) is 3.12. The van der Waals surface area contributed by atoms with Crippen LogP contribution in [0.2, 0.25) is 0 Å². The van der Waals surface area contributed by atoms with Crippen LogP contribution in [-0.4, -0.2) is 19.6 Å². The quantitative estimate of drug-likeness (QED) is 0.670. The molecule has 0 aliphatic heterocycles. The molecule has 2 aromatic rings. The van der Waals surface area contributed by atoms with Gasteiger partial charge in [0.15, 0.2) is 0 Å². The Kier molecular flexibility index (Phi) is 4.30. The van der Waals surface area contributed by atoms with Gasteiger partial charge in [0.2, 0.25) is 0 Å². The van der Waals surface area contributed by atoms with E-state index < -0.39 is 0 Å². The Balaban J connectivity index is 2.14. The molecule has 0 saturated carbocycles. The van der Waals surface area contributed by atoms with Crippen LogP contribution in [0.25, 0.3) is 0 Å². The molecule has 0 atom stereocenters. The van der Waals surface area contributed by atoms with Crippen LogP contribution in [0.5, 0.6) is 0 Å². The Morgan fingerprint density at radius 2 is 2.20 bits per heavy atom. The van der Waals surface area contributed by atoms with Crippen molar-refractivity contribution in [1.29, 1.82) is 0 Å². The minimum Gasteiger partial charge on any atom is -0.467 e. The normalized spacial score (nSPS) is 10.3. The van der Waals surface area contributed by atoms with Gasteiger partial charge >= 0.3 is 5.97 Å². The van der Waals surface area contributed by atoms with E-state index in [1.165, 1.54) is 0 Å². The number of esters is 1. The molecule has 0 unspecified atom stereocenters. The zero-order valence-electron chi connectivity index (χ0n) is 11.6. The second-order valence-electron chi connectivity index (χ2n) is 4.43. The van der Waals surface area contributed by atoms with Crippen molar-refractivity contribution >= 4 is 17.3 Å². The summed E-state index contributed by atoms with van der Waals surface area (Å²) in [6.07, 6.45) is 1.64. The molecular formula is C15H18N2O3. The first-order valence-electron chi connectivity index (χ1n) is 6.42. The molecule has 0 spiro atoms. The predicted molar refractivity (Wildman–Crippen MR) is 77.6 cm³/mol. The average molecular weight is 274 g/mol. The lowest BCUT2D eigenvalue weighted by atomic mass is 10.1. The first kappa shape index (κ1) is 14.0. The van der Waals surface area contributed by atoms with E-state index in [1.54, 1.807) is 25.3 Å². The van der Waals surface area contributed by atoms with Crippen LogP contribution in [0.3, 0.4) is 0 Å². The Hall–Kier alpha value is -2.43. The van der Waals surface area contributed by atoms with Gasteiger partial charge in [0, 0.05) is 7.05 Å². The molecule has 0 amide bonds. The number of ether oxygens (including phenoxy) is 1. The molecule has 0 aliphatic carbocycles. The van der Waals surface area contributed by atoms with Crippen molar-refractivity contribution in [2.24, 2.45) is 0 Å². The lowest BCUT2D eigenvalue weighted by molar-refractivity contribution is 0.0526. The van der Waals surface area contributed by atoms with Crippen LogP contribution in [0.1, 0.15) is 23.0 Å². The van der Waals surface area contributed by atoms with Gasteiger partial charge in [0.25, 0.3) is 0 Å². The summed E-state index contributed by atoms with van der Waals surface area (Å²) in [6, 6.07) is 8.90. The summed E-state index contributed by atoms with van der Waals surface area (Å²) in [4.78, 5) is 13.6. The fraction of sp³-hybridized carbons (Fsp3) is 0.267. The number of anilines is 2. The van der Waals surface area contributed by atoms with Crippen LogP contribution in [-0.2, 0) is 11.3 Å². The van der Waals surface area contributed by atoms with Crippen molar-refractivity contribution in [1.82, 2.24) is 0 Å². The smallest absolute Gasteiger partial charge is 0.338 e. The summed E-state index contributed by atoms with van der Waals surface area (Å²) in [7, 11) is 1.91. The van der Waals surface area contributed by atoms with Crippen molar-refractivity contribution in [3.63, 3.8) is 0 Å². The zero-order chi connectivity index (χ0) is 14.5. The molecule has 0 radical (unpaired) electrons. The second kappa shape index (κ2) is 6.14. The summed E-state index contributed by atoms with van der Waals surface area (Å²) >= 11 is 0. The number of hydrogen-bond acceptors (Lipinski definition) is 5. The van der Waals surface area contributed by atoms with E-state index in [1.807, 2.05) is 30.1 Å². The van der Waals surface area contributed by atoms with E-state index in [0.29, 0.717) is 24.4 Å². The molecule has 2 N–H and O–H groups in total. The van der Waals surface area contributed by atoms with Gasteiger partial charge in [0.05, 0.1) is 36.4 Å². The van der Waals surface area contributed by atoms with E-state index >= 15 is 0 Å². The van der Waals surface area contributed by atoms with Crippen LogP contribution in [0.15, 0.2) is 41.0 Å². The number of nitrogens with zero attached hydrogens (tertiary/aromatic N) is 1. The Labute approximate surface area is 117 Å². The van der Waals surface area contributed by atoms with Crippen molar-refractivity contribution in [3.05, 3.63) is 47.9 Å². The predicted octanol–water partition coefficient (Wildman–Crippen LogP) is 2.67. The van der Waals surface area contributed by atoms with Gasteiger partial charge in [-0.3, -0.25) is 0 Å². The summed E-state index contributed by atoms with van der Waals surface area (Å²) in [5.74, 6) is 0.487. The lowest BCUT2D eigenvalue weighted by Crippen LogP contribution is -2.18. The molecule has 1 aromatic heterocycles. The SMILES string of the molecule is CCOC(=O)c1ccc(N(C)Cc2ccco2)c(N)c1. The highest BCUT2D eigenvalue weighted by molar-refractivity contribution is 5.92. The zero-order valence-corrected chi connectivity index (χ0v) is 11.6. The fourth-order valence-corrected chi connectivity index (χ4v) is 1.97. The third-order valence-corrected chi connectivity index (χ3v) is 2.92. The molecule has 1 aromatic carbocycles. The highest BCUT2D eigenvalue weighted by Crippen LogP contribution is 2.25. The molecule has 0 fully saturated rings. The van der Waals surface area contributed by atoms with Crippen LogP contribution >= 0.6 is 0 Å². The lowest BCUT2D eigenvalue weighted by Gasteiger charge is -2.20. The van der Waals surface area contributed by atoms with Gasteiger partial charge in [-0.05, 0) is 37.3 Å². The highest BCUT2D eigenvalue weighted by Gasteiger charge is 2.12. The number of nitrogens with two attached hydrogens (primary N) is 1. The highest BCUT2D eigenvalue weighted by atomic mass is 16.5. The number of rotatable bonds is 5. The molecule has 2 rings (SSSR count). The van der Waals surface area contributed by atoms with Crippen LogP contribution < -0.4 is 10.6 Å². The number of nitrogen functional groups attached to an aromatic ring is 1. The molecule has 0 bridgehead atoms. The maximum Gasteiger partial charge on any atom is 0.338 e. The number of carbonyl (C=O) groups excluding carboxylic acids is 1. The minimum absolute atomic E-state index is 0.346. The molecule has 5 heteroatoms. The summed E-state index contributed by atoms with van der Waals surface area (Å²) in [5.41, 5.74) is 7.84. The monoisotopic (exact) mass is 274 g/mol. The van der Waals surface area contributed by atoms with E-state index in [9.17, 15) is 4.79 Å². The Bertz CT molecular complexity index is 579. The number of furan rings is 1. The molecule has 106 valence electrons. The van der Waals surface area contributed by atoms with E-state index in [0.717, 1.165) is 11.4 Å². The van der Waals surface area contributed by atoms with Gasteiger partial charge in [0.1, 0.15) is 5.76 Å². The Morgan fingerprint density at radius 1 is 1.40 bits per heavy atom. The number of benzene rings is 1. The maximum atomic E-state index is 11.6. The molecule has 0 aliphatic rings. The molecule has 5 nitrogen and oxygen atoms in total. The van der Waals surface area contributed by atoms with Gasteiger partial charge in [-0.25, -0.2) is 4.79 Å². The summed E-state index contributed by atoms with van der Waals surface area (Å²) < 4.78 is 10.2. The van der Waals surface area contributed by atoms with Gasteiger partial charge in [-0.1, -0.05) is 0 Å². The van der Waals surface area contributed by atoms with Crippen molar-refractivity contribution in [2.75, 3.05) is 24.3 Å². The van der Waals surface area contributed by atoms with Gasteiger partial charge < -0.3 is 19.8 Å². The standard InChI is InChI=1S/C15H18N2O3/c1-3-19-15(18)11-6-7-14(13(16)9-11)17(2)10-12-5-4-8-20-12/h4-9H,3,10,16H2,1-2H3. The third-order valence-electron chi connectivity index (χ3n) is 2.92. The van der Waals surface area contributed by atoms with Gasteiger partial charge in [-0.2, -0.15) is 0 Å². The second-order valence-corrected chi connectivity index (χ2v) is 4.43. The summed E-state index contributed by atoms with van der Waals surface area (Å²) in [5, 5.41) is 0. The molecular weight excluding hydrogens is 256 g/mol. The van der Waals surface area contributed by atoms with E-state index in [-0.39, 0.29) is 5.97 Å². The van der Waals surface area contributed by atoms with E-state index in [2.05, 4.69) is 0 Å². The molecule has 0 saturated heterocycles. The van der Waals surface area contributed by atoms with Crippen LogP contribution in [0, 0.1) is 0 Å². The molecule has 20 heavy (non-hydrogen) atoms. The fourth-order valence-electron chi connectivity index (χ4n) is 1.97. The number of hydrogen-bond donors (Lipinski definition) is 1. The van der Waals surface area contributed by atoms with Gasteiger partial charge in [-0.15, -0.1) is 0 Å². The first-order chi connectivity index (χ1) is 9.61. The van der Waals surface area contributed by atoms with Crippen molar-refractivity contribution < 1.29 is 13.9 Å². The summed E-state index contributed by atoms with van der Waals surface area (Å²) in [6.45, 7) is 2.72.